The highest BCUT2D eigenvalue weighted by Crippen LogP contribution is 2.36. The maximum absolute atomic E-state index is 10.3. The predicted octanol–water partition coefficient (Wildman–Crippen LogP) is 2.76. The fourth-order valence-electron chi connectivity index (χ4n) is 4.49. The number of carboxylic acids is 1. The van der Waals surface area contributed by atoms with Crippen LogP contribution in [0.5, 0.6) is 0 Å². The van der Waals surface area contributed by atoms with Gasteiger partial charge in [0.15, 0.2) is 0 Å². The van der Waals surface area contributed by atoms with E-state index in [-0.39, 0.29) is 18.3 Å². The molecule has 2 aromatic carbocycles. The normalized spacial score (nSPS) is 12.1. The van der Waals surface area contributed by atoms with Gasteiger partial charge in [-0.25, -0.2) is 4.79 Å². The lowest BCUT2D eigenvalue weighted by molar-refractivity contribution is -0.142. The fraction of sp³-hybridized carbons (Fsp3) is 0.594. The van der Waals surface area contributed by atoms with Crippen LogP contribution in [0.2, 0.25) is 5.04 Å². The summed E-state index contributed by atoms with van der Waals surface area (Å²) in [4.78, 5) is 10.3. The Bertz CT molecular complexity index is 916. The van der Waals surface area contributed by atoms with Crippen molar-refractivity contribution in [2.75, 3.05) is 99.1 Å². The van der Waals surface area contributed by atoms with Gasteiger partial charge in [0.05, 0.1) is 92.5 Å². The molecule has 10 nitrogen and oxygen atoms in total. The van der Waals surface area contributed by atoms with Crippen molar-refractivity contribution in [3.05, 3.63) is 60.7 Å². The largest absolute Gasteiger partial charge is 0.480 e. The molecule has 0 aliphatic rings. The summed E-state index contributed by atoms with van der Waals surface area (Å²) < 4.78 is 44.8. The second kappa shape index (κ2) is 22.3. The van der Waals surface area contributed by atoms with Crippen LogP contribution >= 0.6 is 0 Å². The van der Waals surface area contributed by atoms with Crippen molar-refractivity contribution in [3.8, 4) is 0 Å². The molecule has 242 valence electrons. The molecule has 2 rings (SSSR count). The van der Waals surface area contributed by atoms with Gasteiger partial charge in [0, 0.05) is 0 Å². The third-order valence-corrected chi connectivity index (χ3v) is 11.5. The van der Waals surface area contributed by atoms with E-state index in [1.54, 1.807) is 0 Å². The topological polar surface area (TPSA) is 111 Å². The Morgan fingerprint density at radius 3 is 1.14 bits per heavy atom. The maximum atomic E-state index is 10.3. The quantitative estimate of drug-likeness (QED) is 0.124. The predicted molar refractivity (Wildman–Crippen MR) is 167 cm³/mol. The molecule has 0 saturated heterocycles. The highest BCUT2D eigenvalue weighted by Gasteiger charge is 2.49. The summed E-state index contributed by atoms with van der Waals surface area (Å²) in [5.74, 6) is -0.992. The van der Waals surface area contributed by atoms with E-state index in [1.165, 1.54) is 10.4 Å². The van der Waals surface area contributed by atoms with Crippen molar-refractivity contribution in [3.63, 3.8) is 0 Å². The maximum Gasteiger partial charge on any atom is 0.329 e. The molecule has 0 fully saturated rings. The molecule has 11 heteroatoms. The molecule has 0 amide bonds. The van der Waals surface area contributed by atoms with E-state index in [0.717, 1.165) is 0 Å². The number of hydrogen-bond donors (Lipinski definition) is 1. The van der Waals surface area contributed by atoms with E-state index >= 15 is 0 Å². The molecule has 43 heavy (non-hydrogen) atoms. The van der Waals surface area contributed by atoms with Gasteiger partial charge in [-0.2, -0.15) is 0 Å². The molecule has 0 atom stereocenters. The minimum Gasteiger partial charge on any atom is -0.480 e. The van der Waals surface area contributed by atoms with Crippen LogP contribution < -0.4 is 10.4 Å². The Kier molecular flexibility index (Phi) is 19.2. The summed E-state index contributed by atoms with van der Waals surface area (Å²) in [5.41, 5.74) is 0. The van der Waals surface area contributed by atoms with E-state index in [2.05, 4.69) is 69.3 Å². The number of aliphatic carboxylic acids is 1. The summed E-state index contributed by atoms with van der Waals surface area (Å²) in [6.45, 7) is 12.8. The lowest BCUT2D eigenvalue weighted by Crippen LogP contribution is -2.66. The van der Waals surface area contributed by atoms with Crippen molar-refractivity contribution < 1.29 is 47.5 Å². The van der Waals surface area contributed by atoms with Crippen LogP contribution in [0, 0.1) is 0 Å². The van der Waals surface area contributed by atoms with Gasteiger partial charge in [0.1, 0.15) is 6.61 Å². The average molecular weight is 623 g/mol. The summed E-state index contributed by atoms with van der Waals surface area (Å²) in [7, 11) is -2.54. The summed E-state index contributed by atoms with van der Waals surface area (Å²) in [6.07, 6.45) is 0. The van der Waals surface area contributed by atoms with Crippen LogP contribution in [0.15, 0.2) is 60.7 Å². The van der Waals surface area contributed by atoms with Crippen molar-refractivity contribution in [2.45, 2.75) is 25.8 Å². The van der Waals surface area contributed by atoms with E-state index in [1.807, 2.05) is 12.1 Å². The van der Waals surface area contributed by atoms with E-state index < -0.39 is 14.3 Å². The lowest BCUT2D eigenvalue weighted by Gasteiger charge is -2.43. The number of carbonyl (C=O) groups is 1. The number of rotatable bonds is 26. The van der Waals surface area contributed by atoms with Gasteiger partial charge >= 0.3 is 5.97 Å². The zero-order valence-corrected chi connectivity index (χ0v) is 27.0. The molecule has 0 aromatic heterocycles. The third kappa shape index (κ3) is 14.9. The van der Waals surface area contributed by atoms with Gasteiger partial charge in [-0.3, -0.25) is 0 Å². The van der Waals surface area contributed by atoms with Crippen LogP contribution in [0.3, 0.4) is 0 Å². The first-order chi connectivity index (χ1) is 20.9. The molecule has 0 bridgehead atoms. The van der Waals surface area contributed by atoms with Crippen LogP contribution in [-0.2, 0) is 42.4 Å². The Morgan fingerprint density at radius 1 is 0.535 bits per heavy atom. The monoisotopic (exact) mass is 622 g/mol. The van der Waals surface area contributed by atoms with Crippen LogP contribution in [0.4, 0.5) is 0 Å². The van der Waals surface area contributed by atoms with E-state index in [9.17, 15) is 4.79 Å². The summed E-state index contributed by atoms with van der Waals surface area (Å²) in [6, 6.07) is 21.2. The Hall–Kier alpha value is -2.19. The van der Waals surface area contributed by atoms with Crippen LogP contribution in [0.25, 0.3) is 0 Å². The molecule has 1 N–H and O–H groups in total. The minimum atomic E-state index is -2.54. The van der Waals surface area contributed by atoms with Crippen molar-refractivity contribution >= 4 is 24.7 Å². The molecule has 0 radical (unpaired) electrons. The first-order valence-electron chi connectivity index (χ1n) is 14.9. The molecule has 0 heterocycles. The first-order valence-corrected chi connectivity index (χ1v) is 16.8. The Labute approximate surface area is 257 Å². The lowest BCUT2D eigenvalue weighted by atomic mass is 10.2. The van der Waals surface area contributed by atoms with Gasteiger partial charge in [-0.15, -0.1) is 0 Å². The fourth-order valence-corrected chi connectivity index (χ4v) is 9.04. The molecule has 2 aromatic rings. The molecule has 0 spiro atoms. The highest BCUT2D eigenvalue weighted by atomic mass is 28.4. The van der Waals surface area contributed by atoms with Gasteiger partial charge in [0.25, 0.3) is 8.32 Å². The molecule has 0 aliphatic heterocycles. The van der Waals surface area contributed by atoms with E-state index in [0.29, 0.717) is 85.9 Å². The number of hydrogen-bond acceptors (Lipinski definition) is 9. The standard InChI is InChI=1S/C32H50O10Si/c1-32(2,3)43(29-10-6-4-7-11-29,30-12-8-5-9-13-30)42-27-26-40-23-22-38-19-18-36-15-14-35-16-17-37-20-21-39-24-25-41-28-31(33)34/h4-13H,14-28H2,1-3H3,(H,33,34). The SMILES string of the molecule is CC(C)(C)[Si](OCCOCCOCCOCCOCCOCCOCCOCC(=O)O)(c1ccccc1)c1ccccc1. The van der Waals surface area contributed by atoms with Gasteiger partial charge in [-0.05, 0) is 15.4 Å². The molecule has 0 saturated carbocycles. The third-order valence-electron chi connectivity index (χ3n) is 6.42. The number of benzene rings is 2. The highest BCUT2D eigenvalue weighted by molar-refractivity contribution is 6.99. The summed E-state index contributed by atoms with van der Waals surface area (Å²) >= 11 is 0. The van der Waals surface area contributed by atoms with Crippen molar-refractivity contribution in [2.24, 2.45) is 0 Å². The number of ether oxygens (including phenoxy) is 7. The Morgan fingerprint density at radius 2 is 0.837 bits per heavy atom. The second-order valence-electron chi connectivity index (χ2n) is 10.6. The smallest absolute Gasteiger partial charge is 0.329 e. The molecule has 0 unspecified atom stereocenters. The zero-order valence-electron chi connectivity index (χ0n) is 26.0. The zero-order chi connectivity index (χ0) is 31.1. The molecular formula is C32H50O10Si. The molecule has 0 aliphatic carbocycles. The van der Waals surface area contributed by atoms with Gasteiger partial charge < -0.3 is 42.7 Å². The second-order valence-corrected chi connectivity index (χ2v) is 14.9. The van der Waals surface area contributed by atoms with E-state index in [4.69, 9.17) is 42.7 Å². The van der Waals surface area contributed by atoms with Gasteiger partial charge in [0.2, 0.25) is 0 Å². The van der Waals surface area contributed by atoms with Crippen LogP contribution in [0.1, 0.15) is 20.8 Å². The molecular weight excluding hydrogens is 572 g/mol. The minimum absolute atomic E-state index is 0.0587. The summed E-state index contributed by atoms with van der Waals surface area (Å²) in [5, 5.41) is 10.9. The first kappa shape index (κ1) is 37.0. The van der Waals surface area contributed by atoms with Gasteiger partial charge in [-0.1, -0.05) is 81.4 Å². The Balaban J connectivity index is 1.46. The number of carboxylic acid groups (broad SMARTS) is 1. The van der Waals surface area contributed by atoms with Crippen molar-refractivity contribution in [1.29, 1.82) is 0 Å². The van der Waals surface area contributed by atoms with Crippen molar-refractivity contribution in [1.82, 2.24) is 0 Å². The van der Waals surface area contributed by atoms with Crippen LogP contribution in [-0.4, -0.2) is 118 Å². The average Bonchev–Trinajstić information content (AvgIpc) is 2.99.